The molecular formula is C11H15N5O. The number of nitrogens with one attached hydrogen (secondary N) is 2. The third-order valence-corrected chi connectivity index (χ3v) is 2.73. The van der Waals surface area contributed by atoms with Crippen molar-refractivity contribution in [1.82, 2.24) is 9.97 Å². The molecule has 0 amide bonds. The van der Waals surface area contributed by atoms with Crippen LogP contribution >= 0.6 is 0 Å². The normalized spacial score (nSPS) is 14.2. The first-order valence-corrected chi connectivity index (χ1v) is 5.54. The summed E-state index contributed by atoms with van der Waals surface area (Å²) in [5.74, 6) is 1.25. The van der Waals surface area contributed by atoms with Gasteiger partial charge in [-0.2, -0.15) is 0 Å². The molecule has 1 aromatic heterocycles. The van der Waals surface area contributed by atoms with E-state index >= 15 is 0 Å². The van der Waals surface area contributed by atoms with Crippen LogP contribution in [0.2, 0.25) is 0 Å². The van der Waals surface area contributed by atoms with Crippen LogP contribution in [0.4, 0.5) is 11.6 Å². The van der Waals surface area contributed by atoms with Crippen LogP contribution in [0.5, 0.6) is 0 Å². The van der Waals surface area contributed by atoms with Gasteiger partial charge in [0.15, 0.2) is 5.82 Å². The summed E-state index contributed by atoms with van der Waals surface area (Å²) in [6.45, 7) is 0.173. The van der Waals surface area contributed by atoms with Gasteiger partial charge in [0.2, 0.25) is 0 Å². The molecule has 2 rings (SSSR count). The number of hydrogen-bond acceptors (Lipinski definition) is 6. The molecule has 2 N–H and O–H groups in total. The summed E-state index contributed by atoms with van der Waals surface area (Å²) >= 11 is 0. The van der Waals surface area contributed by atoms with Crippen LogP contribution in [0.15, 0.2) is 6.20 Å². The molecule has 6 nitrogen and oxygen atoms in total. The molecule has 0 radical (unpaired) electrons. The molecule has 1 heterocycles. The SMILES string of the molecule is CN(c1cnc(C=N)c(NCC=O)n1)C1CC1. The van der Waals surface area contributed by atoms with E-state index in [4.69, 9.17) is 5.41 Å². The summed E-state index contributed by atoms with van der Waals surface area (Å²) in [5.41, 5.74) is 0.444. The Hall–Kier alpha value is -1.98. The van der Waals surface area contributed by atoms with Crippen LogP contribution in [0.25, 0.3) is 0 Å². The smallest absolute Gasteiger partial charge is 0.156 e. The van der Waals surface area contributed by atoms with Gasteiger partial charge in [-0.05, 0) is 12.8 Å². The lowest BCUT2D eigenvalue weighted by Crippen LogP contribution is -2.22. The summed E-state index contributed by atoms with van der Waals surface area (Å²) in [6.07, 6.45) is 5.90. The third kappa shape index (κ3) is 2.58. The van der Waals surface area contributed by atoms with Gasteiger partial charge in [-0.25, -0.2) is 9.97 Å². The van der Waals surface area contributed by atoms with Crippen LogP contribution in [0, 0.1) is 5.41 Å². The Balaban J connectivity index is 2.22. The average Bonchev–Trinajstić information content (AvgIpc) is 3.19. The van der Waals surface area contributed by atoms with E-state index < -0.39 is 0 Å². The van der Waals surface area contributed by atoms with Crippen LogP contribution in [-0.2, 0) is 4.79 Å². The summed E-state index contributed by atoms with van der Waals surface area (Å²) in [4.78, 5) is 21.0. The van der Waals surface area contributed by atoms with Gasteiger partial charge in [0.1, 0.15) is 17.8 Å². The zero-order chi connectivity index (χ0) is 12.3. The van der Waals surface area contributed by atoms with Crippen LogP contribution in [0.3, 0.4) is 0 Å². The summed E-state index contributed by atoms with van der Waals surface area (Å²) in [7, 11) is 1.98. The van der Waals surface area contributed by atoms with Crippen molar-refractivity contribution in [3.63, 3.8) is 0 Å². The van der Waals surface area contributed by atoms with Gasteiger partial charge in [0, 0.05) is 19.3 Å². The van der Waals surface area contributed by atoms with Gasteiger partial charge in [-0.1, -0.05) is 0 Å². The highest BCUT2D eigenvalue weighted by Crippen LogP contribution is 2.29. The molecule has 1 aliphatic carbocycles. The standard InChI is InChI=1S/C11H15N5O/c1-16(8-2-3-8)10-7-14-9(6-12)11(15-10)13-4-5-17/h5-8,12H,2-4H2,1H3,(H,13,15). The highest BCUT2D eigenvalue weighted by Gasteiger charge is 2.27. The van der Waals surface area contributed by atoms with E-state index in [9.17, 15) is 4.79 Å². The number of nitrogens with zero attached hydrogens (tertiary/aromatic N) is 3. The van der Waals surface area contributed by atoms with Crippen molar-refractivity contribution in [2.24, 2.45) is 0 Å². The molecule has 0 spiro atoms. The van der Waals surface area contributed by atoms with Crippen molar-refractivity contribution >= 4 is 24.1 Å². The van der Waals surface area contributed by atoms with E-state index in [2.05, 4.69) is 20.2 Å². The van der Waals surface area contributed by atoms with Crippen LogP contribution in [-0.4, -0.2) is 42.1 Å². The van der Waals surface area contributed by atoms with E-state index in [1.165, 1.54) is 12.8 Å². The zero-order valence-electron chi connectivity index (χ0n) is 9.68. The van der Waals surface area contributed by atoms with E-state index in [0.717, 1.165) is 18.3 Å². The van der Waals surface area contributed by atoms with Crippen molar-refractivity contribution < 1.29 is 4.79 Å². The Morgan fingerprint density at radius 2 is 2.41 bits per heavy atom. The third-order valence-electron chi connectivity index (χ3n) is 2.73. The van der Waals surface area contributed by atoms with E-state index in [-0.39, 0.29) is 6.54 Å². The predicted molar refractivity (Wildman–Crippen MR) is 65.9 cm³/mol. The maximum Gasteiger partial charge on any atom is 0.156 e. The van der Waals surface area contributed by atoms with Gasteiger partial charge in [-0.3, -0.25) is 0 Å². The summed E-state index contributed by atoms with van der Waals surface area (Å²) in [6, 6.07) is 0.550. The molecule has 0 unspecified atom stereocenters. The molecule has 17 heavy (non-hydrogen) atoms. The van der Waals surface area contributed by atoms with Crippen LogP contribution in [0.1, 0.15) is 18.5 Å². The van der Waals surface area contributed by atoms with Crippen molar-refractivity contribution in [2.75, 3.05) is 23.8 Å². The number of aldehydes is 1. The quantitative estimate of drug-likeness (QED) is 0.558. The summed E-state index contributed by atoms with van der Waals surface area (Å²) < 4.78 is 0. The Kier molecular flexibility index (Phi) is 3.32. The Labute approximate surface area is 99.6 Å². The number of anilines is 2. The summed E-state index contributed by atoms with van der Waals surface area (Å²) in [5, 5.41) is 10.1. The van der Waals surface area contributed by atoms with Gasteiger partial charge in [0.25, 0.3) is 0 Å². The van der Waals surface area contributed by atoms with Crippen molar-refractivity contribution in [2.45, 2.75) is 18.9 Å². The number of rotatable bonds is 6. The van der Waals surface area contributed by atoms with Crippen molar-refractivity contribution in [1.29, 1.82) is 5.41 Å². The molecule has 90 valence electrons. The molecule has 1 aliphatic rings. The highest BCUT2D eigenvalue weighted by atomic mass is 16.1. The second-order valence-corrected chi connectivity index (χ2v) is 4.00. The monoisotopic (exact) mass is 233 g/mol. The first kappa shape index (κ1) is 11.5. The Morgan fingerprint density at radius 1 is 1.65 bits per heavy atom. The Morgan fingerprint density at radius 3 is 3.00 bits per heavy atom. The van der Waals surface area contributed by atoms with E-state index in [1.54, 1.807) is 6.20 Å². The maximum absolute atomic E-state index is 10.3. The molecule has 0 atom stereocenters. The molecular weight excluding hydrogens is 218 g/mol. The molecule has 0 saturated heterocycles. The van der Waals surface area contributed by atoms with Gasteiger partial charge in [0.05, 0.1) is 12.7 Å². The molecule has 1 saturated carbocycles. The van der Waals surface area contributed by atoms with Crippen molar-refractivity contribution in [3.05, 3.63) is 11.9 Å². The fourth-order valence-electron chi connectivity index (χ4n) is 1.58. The first-order chi connectivity index (χ1) is 8.26. The van der Waals surface area contributed by atoms with E-state index in [0.29, 0.717) is 17.6 Å². The highest BCUT2D eigenvalue weighted by molar-refractivity contribution is 5.82. The first-order valence-electron chi connectivity index (χ1n) is 5.54. The average molecular weight is 233 g/mol. The van der Waals surface area contributed by atoms with E-state index in [1.807, 2.05) is 7.05 Å². The minimum absolute atomic E-state index is 0.173. The molecule has 0 aromatic carbocycles. The van der Waals surface area contributed by atoms with Crippen LogP contribution < -0.4 is 10.2 Å². The number of hydrogen-bond donors (Lipinski definition) is 2. The molecule has 1 fully saturated rings. The Bertz CT molecular complexity index is 430. The van der Waals surface area contributed by atoms with Gasteiger partial charge in [-0.15, -0.1) is 0 Å². The number of aromatic nitrogens is 2. The minimum atomic E-state index is 0.173. The maximum atomic E-state index is 10.3. The number of carbonyl (C=O) groups is 1. The largest absolute Gasteiger partial charge is 0.361 e. The van der Waals surface area contributed by atoms with Crippen molar-refractivity contribution in [3.8, 4) is 0 Å². The zero-order valence-corrected chi connectivity index (χ0v) is 9.68. The topological polar surface area (TPSA) is 82.0 Å². The molecule has 1 aromatic rings. The molecule has 0 bridgehead atoms. The number of carbonyl (C=O) groups excluding carboxylic acids is 1. The second-order valence-electron chi connectivity index (χ2n) is 4.00. The lowest BCUT2D eigenvalue weighted by atomic mass is 10.4. The predicted octanol–water partition coefficient (Wildman–Crippen LogP) is 0.684. The lowest BCUT2D eigenvalue weighted by molar-refractivity contribution is -0.106. The fourth-order valence-corrected chi connectivity index (χ4v) is 1.58. The minimum Gasteiger partial charge on any atom is -0.361 e. The fraction of sp³-hybridized carbons (Fsp3) is 0.455. The lowest BCUT2D eigenvalue weighted by Gasteiger charge is -2.18. The molecule has 6 heteroatoms. The second kappa shape index (κ2) is 4.90. The molecule has 0 aliphatic heterocycles. The van der Waals surface area contributed by atoms with Gasteiger partial charge >= 0.3 is 0 Å². The van der Waals surface area contributed by atoms with Gasteiger partial charge < -0.3 is 20.4 Å².